The molecule has 0 saturated heterocycles. The molecule has 1 N–H and O–H groups in total. The Labute approximate surface area is 162 Å². The summed E-state index contributed by atoms with van der Waals surface area (Å²) in [5.41, 5.74) is -6.21. The molecular weight excluding hydrogens is 462 g/mol. The maximum absolute atomic E-state index is 13.6. The van der Waals surface area contributed by atoms with Crippen LogP contribution < -0.4 is 0 Å². The summed E-state index contributed by atoms with van der Waals surface area (Å²) in [5.74, 6) is -1.85. The summed E-state index contributed by atoms with van der Waals surface area (Å²) < 4.78 is 81.7. The third-order valence-electron chi connectivity index (χ3n) is 3.34. The van der Waals surface area contributed by atoms with Crippen LogP contribution in [0.2, 0.25) is 0 Å². The largest absolute Gasteiger partial charge is 0.478 e. The molecule has 0 spiro atoms. The van der Waals surface area contributed by atoms with Crippen LogP contribution in [-0.2, 0) is 17.1 Å². The van der Waals surface area contributed by atoms with Crippen LogP contribution in [0, 0.1) is 0 Å². The molecule has 0 amide bonds. The summed E-state index contributed by atoms with van der Waals surface area (Å²) in [5, 5.41) is 8.90. The van der Waals surface area contributed by atoms with Gasteiger partial charge in [-0.05, 0) is 24.3 Å². The number of benzene rings is 2. The lowest BCUT2D eigenvalue weighted by atomic mass is 9.95. The summed E-state index contributed by atoms with van der Waals surface area (Å²) >= 11 is 3.62. The second-order valence-corrected chi connectivity index (χ2v) is 7.23. The highest BCUT2D eigenvalue weighted by atomic mass is 79.9. The molecule has 0 aliphatic carbocycles. The first-order valence-electron chi connectivity index (χ1n) is 6.99. The third kappa shape index (κ3) is 4.86. The molecule has 0 heterocycles. The van der Waals surface area contributed by atoms with Gasteiger partial charge in [-0.2, -0.15) is 26.3 Å². The zero-order valence-corrected chi connectivity index (χ0v) is 15.5. The van der Waals surface area contributed by atoms with Gasteiger partial charge in [0.05, 0.1) is 16.7 Å². The average molecular weight is 471 g/mol. The minimum absolute atomic E-state index is 0.271. The number of hydrogen-bond acceptors (Lipinski definition) is 2. The molecule has 0 aliphatic heterocycles. The van der Waals surface area contributed by atoms with Crippen LogP contribution >= 0.6 is 27.7 Å². The summed E-state index contributed by atoms with van der Waals surface area (Å²) in [6, 6.07) is 7.51. The van der Waals surface area contributed by atoms with E-state index in [1.165, 1.54) is 18.2 Å². The fourth-order valence-electron chi connectivity index (χ4n) is 2.27. The average Bonchev–Trinajstić information content (AvgIpc) is 2.51. The zero-order chi connectivity index (χ0) is 20.6. The Kier molecular flexibility index (Phi) is 6.00. The van der Waals surface area contributed by atoms with Gasteiger partial charge in [-0.3, -0.25) is 0 Å². The summed E-state index contributed by atoms with van der Waals surface area (Å²) in [6.07, 6.45) is -10.8. The Hall–Kier alpha value is -1.94. The second kappa shape index (κ2) is 7.59. The fourth-order valence-corrected chi connectivity index (χ4v) is 3.86. The van der Waals surface area contributed by atoms with Gasteiger partial charge in [-0.15, -0.1) is 0 Å². The number of hydrogen-bond donors (Lipinski definition) is 1. The standard InChI is InChI=1S/C17H9BrF6O2S/c1-8(15(25)26)11-5-6-12(27-10-4-2-3-9(18)7-10)14(17(22,23)24)13(11)16(19,20)21/h2-7H,1H2,(H,25,26). The molecule has 0 fully saturated rings. The topological polar surface area (TPSA) is 37.3 Å². The van der Waals surface area contributed by atoms with Crippen molar-refractivity contribution in [3.63, 3.8) is 0 Å². The second-order valence-electron chi connectivity index (χ2n) is 5.20. The molecule has 0 aliphatic rings. The summed E-state index contributed by atoms with van der Waals surface area (Å²) in [7, 11) is 0. The number of halogens is 7. The number of alkyl halides is 6. The molecule has 27 heavy (non-hydrogen) atoms. The van der Waals surface area contributed by atoms with Gasteiger partial charge in [0.15, 0.2) is 0 Å². The van der Waals surface area contributed by atoms with Crippen LogP contribution in [-0.4, -0.2) is 11.1 Å². The minimum atomic E-state index is -5.44. The van der Waals surface area contributed by atoms with Gasteiger partial charge in [0.1, 0.15) is 0 Å². The lowest BCUT2D eigenvalue weighted by Gasteiger charge is -2.22. The maximum Gasteiger partial charge on any atom is 0.418 e. The zero-order valence-electron chi connectivity index (χ0n) is 13.1. The van der Waals surface area contributed by atoms with Crippen molar-refractivity contribution in [3.05, 3.63) is 64.1 Å². The first-order chi connectivity index (χ1) is 12.3. The van der Waals surface area contributed by atoms with E-state index < -0.39 is 45.5 Å². The molecule has 2 aromatic rings. The first-order valence-corrected chi connectivity index (χ1v) is 8.60. The van der Waals surface area contributed by atoms with Crippen LogP contribution in [0.3, 0.4) is 0 Å². The molecular formula is C17H9BrF6O2S. The van der Waals surface area contributed by atoms with E-state index in [9.17, 15) is 31.1 Å². The Morgan fingerprint density at radius 3 is 2.07 bits per heavy atom. The van der Waals surface area contributed by atoms with Crippen molar-refractivity contribution in [1.29, 1.82) is 0 Å². The maximum atomic E-state index is 13.6. The number of carboxylic acid groups (broad SMARTS) is 1. The Morgan fingerprint density at radius 2 is 1.59 bits per heavy atom. The van der Waals surface area contributed by atoms with Gasteiger partial charge in [-0.1, -0.05) is 46.4 Å². The molecule has 0 atom stereocenters. The van der Waals surface area contributed by atoms with Gasteiger partial charge in [-0.25, -0.2) is 4.79 Å². The van der Waals surface area contributed by atoms with Crippen molar-refractivity contribution in [2.75, 3.05) is 0 Å². The van der Waals surface area contributed by atoms with E-state index in [-0.39, 0.29) is 4.90 Å². The quantitative estimate of drug-likeness (QED) is 0.397. The number of carbonyl (C=O) groups is 1. The van der Waals surface area contributed by atoms with Crippen LogP contribution in [0.5, 0.6) is 0 Å². The van der Waals surface area contributed by atoms with Crippen molar-refractivity contribution in [2.45, 2.75) is 22.1 Å². The Bertz CT molecular complexity index is 905. The van der Waals surface area contributed by atoms with E-state index in [2.05, 4.69) is 22.5 Å². The van der Waals surface area contributed by atoms with Crippen molar-refractivity contribution < 1.29 is 36.2 Å². The Morgan fingerprint density at radius 1 is 1.00 bits per heavy atom. The molecule has 2 aromatic carbocycles. The van der Waals surface area contributed by atoms with E-state index in [0.717, 1.165) is 6.07 Å². The number of aliphatic carboxylic acids is 1. The third-order valence-corrected chi connectivity index (χ3v) is 4.88. The van der Waals surface area contributed by atoms with Crippen molar-refractivity contribution >= 4 is 39.2 Å². The summed E-state index contributed by atoms with van der Waals surface area (Å²) in [4.78, 5) is 10.6. The summed E-state index contributed by atoms with van der Waals surface area (Å²) in [6.45, 7) is 2.97. The minimum Gasteiger partial charge on any atom is -0.478 e. The van der Waals surface area contributed by atoms with Crippen molar-refractivity contribution in [1.82, 2.24) is 0 Å². The lowest BCUT2D eigenvalue weighted by molar-refractivity contribution is -0.163. The highest BCUT2D eigenvalue weighted by Gasteiger charge is 2.47. The van der Waals surface area contributed by atoms with Crippen LogP contribution in [0.4, 0.5) is 26.3 Å². The highest BCUT2D eigenvalue weighted by molar-refractivity contribution is 9.10. The van der Waals surface area contributed by atoms with E-state index >= 15 is 0 Å². The molecule has 0 unspecified atom stereocenters. The van der Waals surface area contributed by atoms with Gasteiger partial charge in [0.25, 0.3) is 0 Å². The molecule has 10 heteroatoms. The van der Waals surface area contributed by atoms with Crippen LogP contribution in [0.25, 0.3) is 5.57 Å². The molecule has 0 saturated carbocycles. The van der Waals surface area contributed by atoms with E-state index in [1.54, 1.807) is 6.07 Å². The molecule has 0 aromatic heterocycles. The highest BCUT2D eigenvalue weighted by Crippen LogP contribution is 2.48. The number of carboxylic acids is 1. The lowest BCUT2D eigenvalue weighted by Crippen LogP contribution is -2.21. The first kappa shape index (κ1) is 21.4. The SMILES string of the molecule is C=C(C(=O)O)c1ccc(Sc2cccc(Br)c2)c(C(F)(F)F)c1C(F)(F)F. The predicted molar refractivity (Wildman–Crippen MR) is 91.4 cm³/mol. The fraction of sp³-hybridized carbons (Fsp3) is 0.118. The molecule has 0 bridgehead atoms. The van der Waals surface area contributed by atoms with Gasteiger partial charge in [0.2, 0.25) is 0 Å². The Balaban J connectivity index is 2.79. The molecule has 2 nitrogen and oxygen atoms in total. The van der Waals surface area contributed by atoms with E-state index in [4.69, 9.17) is 5.11 Å². The van der Waals surface area contributed by atoms with Crippen LogP contribution in [0.15, 0.2) is 57.2 Å². The molecule has 144 valence electrons. The number of rotatable bonds is 4. The van der Waals surface area contributed by atoms with Gasteiger partial charge in [0, 0.05) is 19.8 Å². The monoisotopic (exact) mass is 470 g/mol. The predicted octanol–water partition coefficient (Wildman–Crippen LogP) is 6.74. The van der Waals surface area contributed by atoms with E-state index in [0.29, 0.717) is 22.3 Å². The van der Waals surface area contributed by atoms with Gasteiger partial charge < -0.3 is 5.11 Å². The van der Waals surface area contributed by atoms with Crippen LogP contribution in [0.1, 0.15) is 16.7 Å². The molecule has 0 radical (unpaired) electrons. The normalized spacial score (nSPS) is 12.1. The van der Waals surface area contributed by atoms with Crippen molar-refractivity contribution in [3.8, 4) is 0 Å². The van der Waals surface area contributed by atoms with Crippen molar-refractivity contribution in [2.24, 2.45) is 0 Å². The smallest absolute Gasteiger partial charge is 0.418 e. The molecule has 2 rings (SSSR count). The van der Waals surface area contributed by atoms with E-state index in [1.807, 2.05) is 0 Å². The van der Waals surface area contributed by atoms with Gasteiger partial charge >= 0.3 is 18.3 Å².